The summed E-state index contributed by atoms with van der Waals surface area (Å²) in [5, 5.41) is 3.10. The SMILES string of the molecule is Cc1nc2cc(NC(=O)N3C[C@@]4(C)C[C@@H]3CC(C)(C)C4)ccc2n1C. The van der Waals surface area contributed by atoms with Crippen molar-refractivity contribution in [2.75, 3.05) is 11.9 Å². The van der Waals surface area contributed by atoms with Crippen molar-refractivity contribution >= 4 is 22.8 Å². The van der Waals surface area contributed by atoms with Crippen LogP contribution in [0.15, 0.2) is 18.2 Å². The number of anilines is 1. The highest BCUT2D eigenvalue weighted by Crippen LogP contribution is 2.52. The number of benzene rings is 1. The number of aromatic nitrogens is 2. The lowest BCUT2D eigenvalue weighted by Crippen LogP contribution is -2.40. The monoisotopic (exact) mass is 340 g/mol. The number of amides is 2. The third-order valence-electron chi connectivity index (χ3n) is 6.03. The molecule has 2 amide bonds. The topological polar surface area (TPSA) is 50.2 Å². The van der Waals surface area contributed by atoms with E-state index >= 15 is 0 Å². The van der Waals surface area contributed by atoms with Gasteiger partial charge in [-0.3, -0.25) is 0 Å². The normalized spacial score (nSPS) is 27.7. The molecule has 2 heterocycles. The fourth-order valence-corrected chi connectivity index (χ4v) is 5.29. The summed E-state index contributed by atoms with van der Waals surface area (Å²) < 4.78 is 2.06. The first-order valence-electron chi connectivity index (χ1n) is 9.17. The van der Waals surface area contributed by atoms with Crippen molar-refractivity contribution in [3.8, 4) is 0 Å². The van der Waals surface area contributed by atoms with Crippen LogP contribution in [0.25, 0.3) is 11.0 Å². The van der Waals surface area contributed by atoms with E-state index in [-0.39, 0.29) is 11.4 Å². The number of hydrogen-bond donors (Lipinski definition) is 1. The first-order valence-corrected chi connectivity index (χ1v) is 9.17. The van der Waals surface area contributed by atoms with Gasteiger partial charge in [-0.25, -0.2) is 9.78 Å². The maximum Gasteiger partial charge on any atom is 0.322 e. The molecule has 2 atom stereocenters. The smallest absolute Gasteiger partial charge is 0.322 e. The number of carbonyl (C=O) groups excluding carboxylic acids is 1. The Morgan fingerprint density at radius 2 is 2.04 bits per heavy atom. The van der Waals surface area contributed by atoms with E-state index in [1.54, 1.807) is 0 Å². The van der Waals surface area contributed by atoms with Crippen LogP contribution >= 0.6 is 0 Å². The number of likely N-dealkylation sites (tertiary alicyclic amines) is 1. The molecule has 1 saturated carbocycles. The molecule has 2 aliphatic rings. The fraction of sp³-hybridized carbons (Fsp3) is 0.600. The summed E-state index contributed by atoms with van der Waals surface area (Å²) in [4.78, 5) is 19.5. The summed E-state index contributed by atoms with van der Waals surface area (Å²) in [5.74, 6) is 0.974. The van der Waals surface area contributed by atoms with Gasteiger partial charge in [-0.1, -0.05) is 20.8 Å². The standard InChI is InChI=1S/C20H28N4O/c1-13-21-16-8-14(6-7-17(16)23(13)5)22-18(25)24-12-20(4)10-15(24)9-19(2,3)11-20/h6-8,15H,9-12H2,1-5H3,(H,22,25)/t15-,20-/m0/s1. The van der Waals surface area contributed by atoms with Gasteiger partial charge in [-0.2, -0.15) is 0 Å². The van der Waals surface area contributed by atoms with Crippen LogP contribution in [-0.4, -0.2) is 33.1 Å². The van der Waals surface area contributed by atoms with Crippen molar-refractivity contribution in [3.63, 3.8) is 0 Å². The summed E-state index contributed by atoms with van der Waals surface area (Å²) in [6, 6.07) is 6.34. The van der Waals surface area contributed by atoms with Crippen molar-refractivity contribution in [1.82, 2.24) is 14.5 Å². The summed E-state index contributed by atoms with van der Waals surface area (Å²) in [5.41, 5.74) is 3.40. The van der Waals surface area contributed by atoms with Crippen LogP contribution in [0, 0.1) is 17.8 Å². The molecule has 0 radical (unpaired) electrons. The predicted molar refractivity (Wildman–Crippen MR) is 101 cm³/mol. The minimum Gasteiger partial charge on any atom is -0.331 e. The second kappa shape index (κ2) is 5.23. The van der Waals surface area contributed by atoms with Gasteiger partial charge in [0.05, 0.1) is 11.0 Å². The predicted octanol–water partition coefficient (Wildman–Crippen LogP) is 4.31. The van der Waals surface area contributed by atoms with Crippen LogP contribution in [-0.2, 0) is 7.05 Å². The van der Waals surface area contributed by atoms with Crippen LogP contribution in [0.2, 0.25) is 0 Å². The highest BCUT2D eigenvalue weighted by Gasteiger charge is 2.51. The van der Waals surface area contributed by atoms with Crippen LogP contribution < -0.4 is 5.32 Å². The number of carbonyl (C=O) groups is 1. The molecule has 134 valence electrons. The van der Waals surface area contributed by atoms with Gasteiger partial charge in [-0.05, 0) is 55.2 Å². The maximum absolute atomic E-state index is 12.9. The van der Waals surface area contributed by atoms with Crippen LogP contribution in [0.1, 0.15) is 45.9 Å². The molecule has 1 aliphatic carbocycles. The number of nitrogens with zero attached hydrogens (tertiary/aromatic N) is 3. The molecule has 5 nitrogen and oxygen atoms in total. The average Bonchev–Trinajstić information content (AvgIpc) is 2.91. The van der Waals surface area contributed by atoms with E-state index in [9.17, 15) is 4.79 Å². The van der Waals surface area contributed by atoms with Gasteiger partial charge in [-0.15, -0.1) is 0 Å². The summed E-state index contributed by atoms with van der Waals surface area (Å²) in [6.45, 7) is 9.84. The Hall–Kier alpha value is -2.04. The number of urea groups is 1. The lowest BCUT2D eigenvalue weighted by atomic mass is 9.65. The summed E-state index contributed by atoms with van der Waals surface area (Å²) in [6.07, 6.45) is 3.41. The highest BCUT2D eigenvalue weighted by molar-refractivity contribution is 5.92. The van der Waals surface area contributed by atoms with Crippen molar-refractivity contribution in [3.05, 3.63) is 24.0 Å². The Morgan fingerprint density at radius 1 is 1.28 bits per heavy atom. The van der Waals surface area contributed by atoms with E-state index in [1.165, 1.54) is 6.42 Å². The number of fused-ring (bicyclic) bond motifs is 3. The Kier molecular flexibility index (Phi) is 3.44. The Labute approximate surface area is 149 Å². The number of nitrogens with one attached hydrogen (secondary N) is 1. The van der Waals surface area contributed by atoms with Crippen LogP contribution in [0.5, 0.6) is 0 Å². The Morgan fingerprint density at radius 3 is 2.80 bits per heavy atom. The third-order valence-corrected chi connectivity index (χ3v) is 6.03. The van der Waals surface area contributed by atoms with Crippen molar-refractivity contribution in [2.45, 2.75) is 53.0 Å². The van der Waals surface area contributed by atoms with Crippen molar-refractivity contribution in [2.24, 2.45) is 17.9 Å². The minimum absolute atomic E-state index is 0.0263. The average molecular weight is 340 g/mol. The molecule has 0 unspecified atom stereocenters. The molecule has 25 heavy (non-hydrogen) atoms. The van der Waals surface area contributed by atoms with Gasteiger partial charge in [0, 0.05) is 25.3 Å². The molecule has 4 rings (SSSR count). The van der Waals surface area contributed by atoms with E-state index in [4.69, 9.17) is 0 Å². The lowest BCUT2D eigenvalue weighted by Gasteiger charge is -2.39. The molecule has 1 aromatic carbocycles. The summed E-state index contributed by atoms with van der Waals surface area (Å²) >= 11 is 0. The van der Waals surface area contributed by atoms with Crippen molar-refractivity contribution < 1.29 is 4.79 Å². The van der Waals surface area contributed by atoms with Gasteiger partial charge >= 0.3 is 6.03 Å². The van der Waals surface area contributed by atoms with E-state index in [2.05, 4.69) is 40.5 Å². The molecule has 2 fully saturated rings. The van der Waals surface area contributed by atoms with Gasteiger partial charge in [0.2, 0.25) is 0 Å². The third kappa shape index (κ3) is 2.79. The van der Waals surface area contributed by atoms with Crippen LogP contribution in [0.4, 0.5) is 10.5 Å². The number of imidazole rings is 1. The Bertz CT molecular complexity index is 853. The second-order valence-corrected chi connectivity index (χ2v) is 9.19. The molecule has 5 heteroatoms. The zero-order chi connectivity index (χ0) is 18.0. The molecule has 0 spiro atoms. The first-order chi connectivity index (χ1) is 11.7. The van der Waals surface area contributed by atoms with E-state index < -0.39 is 0 Å². The van der Waals surface area contributed by atoms with E-state index in [0.717, 1.165) is 41.9 Å². The minimum atomic E-state index is 0.0263. The van der Waals surface area contributed by atoms with E-state index in [1.807, 2.05) is 32.2 Å². The quantitative estimate of drug-likeness (QED) is 0.841. The molecule has 1 aromatic heterocycles. The molecular weight excluding hydrogens is 312 g/mol. The Balaban J connectivity index is 1.55. The molecule has 2 bridgehead atoms. The molecule has 2 aromatic rings. The number of aryl methyl sites for hydroxylation is 2. The fourth-order valence-electron chi connectivity index (χ4n) is 5.29. The molecular formula is C20H28N4O. The number of rotatable bonds is 1. The number of hydrogen-bond acceptors (Lipinski definition) is 2. The molecule has 1 N–H and O–H groups in total. The van der Waals surface area contributed by atoms with Crippen molar-refractivity contribution in [1.29, 1.82) is 0 Å². The first kappa shape index (κ1) is 16.4. The summed E-state index contributed by atoms with van der Waals surface area (Å²) in [7, 11) is 2.01. The van der Waals surface area contributed by atoms with Gasteiger partial charge in [0.1, 0.15) is 5.82 Å². The second-order valence-electron chi connectivity index (χ2n) is 9.19. The molecule has 1 aliphatic heterocycles. The maximum atomic E-state index is 12.9. The zero-order valence-corrected chi connectivity index (χ0v) is 15.9. The van der Waals surface area contributed by atoms with Gasteiger partial charge in [0.15, 0.2) is 0 Å². The van der Waals surface area contributed by atoms with Gasteiger partial charge < -0.3 is 14.8 Å². The lowest BCUT2D eigenvalue weighted by molar-refractivity contribution is 0.130. The van der Waals surface area contributed by atoms with Gasteiger partial charge in [0.25, 0.3) is 0 Å². The zero-order valence-electron chi connectivity index (χ0n) is 15.9. The van der Waals surface area contributed by atoms with E-state index in [0.29, 0.717) is 11.5 Å². The largest absolute Gasteiger partial charge is 0.331 e. The highest BCUT2D eigenvalue weighted by atomic mass is 16.2. The van der Waals surface area contributed by atoms with Crippen LogP contribution in [0.3, 0.4) is 0 Å². The molecule has 1 saturated heterocycles.